The summed E-state index contributed by atoms with van der Waals surface area (Å²) in [6, 6.07) is 9.35. The fourth-order valence-corrected chi connectivity index (χ4v) is 4.19. The molecule has 32 heavy (non-hydrogen) atoms. The number of hydrogen-bond acceptors (Lipinski definition) is 5. The Morgan fingerprint density at radius 1 is 1.12 bits per heavy atom. The van der Waals surface area contributed by atoms with E-state index in [1.165, 1.54) is 6.07 Å². The first kappa shape index (κ1) is 18.9. The highest BCUT2D eigenvalue weighted by Crippen LogP contribution is 2.40. The van der Waals surface area contributed by atoms with Gasteiger partial charge in [-0.1, -0.05) is 6.07 Å². The number of aryl methyl sites for hydroxylation is 1. The van der Waals surface area contributed by atoms with Gasteiger partial charge in [-0.05, 0) is 43.5 Å². The number of nitrogens with zero attached hydrogens (tertiary/aromatic N) is 6. The summed E-state index contributed by atoms with van der Waals surface area (Å²) in [4.78, 5) is 4.52. The highest BCUT2D eigenvalue weighted by atomic mass is 19.1. The number of imidazole rings is 1. The fraction of sp³-hybridized carbons (Fsp3) is 0.250. The van der Waals surface area contributed by atoms with Gasteiger partial charge in [-0.3, -0.25) is 4.68 Å². The van der Waals surface area contributed by atoms with Crippen LogP contribution in [0.15, 0.2) is 49.1 Å². The Hall–Kier alpha value is -3.81. The van der Waals surface area contributed by atoms with Crippen molar-refractivity contribution in [1.29, 1.82) is 0 Å². The second kappa shape index (κ2) is 7.12. The lowest BCUT2D eigenvalue weighted by molar-refractivity contribution is 0.416. The van der Waals surface area contributed by atoms with Crippen LogP contribution in [0.5, 0.6) is 5.75 Å². The van der Waals surface area contributed by atoms with Gasteiger partial charge in [0.05, 0.1) is 31.2 Å². The van der Waals surface area contributed by atoms with Crippen molar-refractivity contribution in [1.82, 2.24) is 29.5 Å². The SMILES string of the molecule is CCn1cnc2c(-c3ccc(F)c(-c4cc5cn(C6CC6)nc5cc4OC)c3)cnnc21. The van der Waals surface area contributed by atoms with Crippen LogP contribution in [-0.4, -0.2) is 36.6 Å². The number of methoxy groups -OCH3 is 1. The van der Waals surface area contributed by atoms with E-state index in [0.29, 0.717) is 28.6 Å². The molecule has 3 aromatic heterocycles. The van der Waals surface area contributed by atoms with Crippen LogP contribution in [0.3, 0.4) is 0 Å². The average molecular weight is 428 g/mol. The molecule has 0 spiro atoms. The maximum Gasteiger partial charge on any atom is 0.183 e. The van der Waals surface area contributed by atoms with Gasteiger partial charge in [0.15, 0.2) is 5.65 Å². The lowest BCUT2D eigenvalue weighted by Crippen LogP contribution is -1.96. The van der Waals surface area contributed by atoms with Crippen molar-refractivity contribution in [2.24, 2.45) is 0 Å². The van der Waals surface area contributed by atoms with Gasteiger partial charge >= 0.3 is 0 Å². The minimum Gasteiger partial charge on any atom is -0.496 e. The summed E-state index contributed by atoms with van der Waals surface area (Å²) in [5, 5.41) is 14.0. The Bertz CT molecular complexity index is 1480. The molecule has 3 heterocycles. The van der Waals surface area contributed by atoms with E-state index in [1.807, 2.05) is 40.6 Å². The molecular weight excluding hydrogens is 407 g/mol. The molecule has 0 radical (unpaired) electrons. The van der Waals surface area contributed by atoms with E-state index in [2.05, 4.69) is 20.3 Å². The predicted molar refractivity (Wildman–Crippen MR) is 120 cm³/mol. The first-order valence-electron chi connectivity index (χ1n) is 10.7. The molecule has 0 amide bonds. The molecule has 6 rings (SSSR count). The van der Waals surface area contributed by atoms with Crippen molar-refractivity contribution in [2.45, 2.75) is 32.4 Å². The van der Waals surface area contributed by atoms with E-state index in [0.717, 1.165) is 46.9 Å². The van der Waals surface area contributed by atoms with Crippen LogP contribution in [0.25, 0.3) is 44.3 Å². The zero-order chi connectivity index (χ0) is 21.8. The Morgan fingerprint density at radius 2 is 2.00 bits per heavy atom. The van der Waals surface area contributed by atoms with Gasteiger partial charge in [0, 0.05) is 40.9 Å². The number of ether oxygens (including phenoxy) is 1. The summed E-state index contributed by atoms with van der Waals surface area (Å²) in [6.07, 6.45) is 7.76. The van der Waals surface area contributed by atoms with Crippen molar-refractivity contribution in [3.8, 4) is 28.0 Å². The van der Waals surface area contributed by atoms with E-state index in [9.17, 15) is 0 Å². The number of hydrogen-bond donors (Lipinski definition) is 0. The zero-order valence-electron chi connectivity index (χ0n) is 17.8. The quantitative estimate of drug-likeness (QED) is 0.393. The summed E-state index contributed by atoms with van der Waals surface area (Å²) in [7, 11) is 1.60. The van der Waals surface area contributed by atoms with Crippen molar-refractivity contribution < 1.29 is 9.13 Å². The minimum absolute atomic E-state index is 0.321. The van der Waals surface area contributed by atoms with Crippen LogP contribution in [0.2, 0.25) is 0 Å². The van der Waals surface area contributed by atoms with E-state index >= 15 is 4.39 Å². The third-order valence-electron chi connectivity index (χ3n) is 6.08. The smallest absolute Gasteiger partial charge is 0.183 e. The number of fused-ring (bicyclic) bond motifs is 2. The summed E-state index contributed by atoms with van der Waals surface area (Å²) < 4.78 is 24.6. The van der Waals surface area contributed by atoms with Crippen LogP contribution in [0.1, 0.15) is 25.8 Å². The largest absolute Gasteiger partial charge is 0.496 e. The Labute approximate surface area is 183 Å². The third-order valence-corrected chi connectivity index (χ3v) is 6.08. The Morgan fingerprint density at radius 3 is 2.78 bits per heavy atom. The average Bonchev–Trinajstić information content (AvgIpc) is 3.45. The number of rotatable bonds is 5. The van der Waals surface area contributed by atoms with Gasteiger partial charge in [-0.25, -0.2) is 9.37 Å². The minimum atomic E-state index is -0.321. The normalized spacial score (nSPS) is 13.8. The molecule has 5 aromatic rings. The zero-order valence-corrected chi connectivity index (χ0v) is 17.8. The molecule has 1 aliphatic carbocycles. The molecule has 0 bridgehead atoms. The van der Waals surface area contributed by atoms with Gasteiger partial charge in [0.2, 0.25) is 0 Å². The molecule has 1 aliphatic rings. The number of benzene rings is 2. The molecular formula is C24H21FN6O. The fourth-order valence-electron chi connectivity index (χ4n) is 4.19. The van der Waals surface area contributed by atoms with Gasteiger partial charge in [0.25, 0.3) is 0 Å². The van der Waals surface area contributed by atoms with E-state index in [-0.39, 0.29) is 5.82 Å². The molecule has 0 aliphatic heterocycles. The molecule has 1 saturated carbocycles. The molecule has 1 fully saturated rings. The van der Waals surface area contributed by atoms with Crippen molar-refractivity contribution in [2.75, 3.05) is 7.11 Å². The lowest BCUT2D eigenvalue weighted by Gasteiger charge is -2.12. The van der Waals surface area contributed by atoms with E-state index < -0.39 is 0 Å². The van der Waals surface area contributed by atoms with Crippen LogP contribution >= 0.6 is 0 Å². The predicted octanol–water partition coefficient (Wildman–Crippen LogP) is 5.01. The summed E-state index contributed by atoms with van der Waals surface area (Å²) >= 11 is 0. The molecule has 2 aromatic carbocycles. The van der Waals surface area contributed by atoms with Gasteiger partial charge in [0.1, 0.15) is 17.1 Å². The summed E-state index contributed by atoms with van der Waals surface area (Å²) in [5.74, 6) is 0.265. The maximum atomic E-state index is 15.1. The van der Waals surface area contributed by atoms with Crippen LogP contribution in [-0.2, 0) is 6.54 Å². The van der Waals surface area contributed by atoms with Gasteiger partial charge < -0.3 is 9.30 Å². The number of aromatic nitrogens is 6. The second-order valence-electron chi connectivity index (χ2n) is 8.11. The third kappa shape index (κ3) is 2.94. The molecule has 8 heteroatoms. The Kier molecular flexibility index (Phi) is 4.21. The lowest BCUT2D eigenvalue weighted by atomic mass is 9.97. The first-order valence-corrected chi connectivity index (χ1v) is 10.7. The van der Waals surface area contributed by atoms with Crippen LogP contribution < -0.4 is 4.74 Å². The molecule has 7 nitrogen and oxygen atoms in total. The topological polar surface area (TPSA) is 70.7 Å². The Balaban J connectivity index is 1.52. The second-order valence-corrected chi connectivity index (χ2v) is 8.11. The van der Waals surface area contributed by atoms with E-state index in [4.69, 9.17) is 4.74 Å². The first-order chi connectivity index (χ1) is 15.7. The van der Waals surface area contributed by atoms with Gasteiger partial charge in [-0.15, -0.1) is 5.10 Å². The standard InChI is InChI=1S/C24H21FN6O/c1-3-30-13-26-23-19(11-27-28-24(23)30)14-4-7-20(25)17(8-14)18-9-15-12-31(16-5-6-16)29-21(15)10-22(18)32-2/h4,7-13,16H,3,5-6H2,1-2H3. The number of halogens is 1. The van der Waals surface area contributed by atoms with Crippen LogP contribution in [0, 0.1) is 5.82 Å². The molecule has 160 valence electrons. The molecule has 0 N–H and O–H groups in total. The van der Waals surface area contributed by atoms with Crippen molar-refractivity contribution in [3.63, 3.8) is 0 Å². The maximum absolute atomic E-state index is 15.1. The van der Waals surface area contributed by atoms with Crippen molar-refractivity contribution in [3.05, 3.63) is 54.9 Å². The van der Waals surface area contributed by atoms with Crippen molar-refractivity contribution >= 4 is 22.1 Å². The van der Waals surface area contributed by atoms with E-state index in [1.54, 1.807) is 25.7 Å². The molecule has 0 unspecified atom stereocenters. The molecule has 0 atom stereocenters. The van der Waals surface area contributed by atoms with Crippen LogP contribution in [0.4, 0.5) is 4.39 Å². The van der Waals surface area contributed by atoms with Gasteiger partial charge in [-0.2, -0.15) is 10.2 Å². The monoisotopic (exact) mass is 428 g/mol. The highest BCUT2D eigenvalue weighted by molar-refractivity contribution is 5.92. The summed E-state index contributed by atoms with van der Waals surface area (Å²) in [5.41, 5.74) is 5.07. The highest BCUT2D eigenvalue weighted by Gasteiger charge is 2.25. The molecule has 0 saturated heterocycles. The summed E-state index contributed by atoms with van der Waals surface area (Å²) in [6.45, 7) is 2.77.